The highest BCUT2D eigenvalue weighted by molar-refractivity contribution is 7.91. The Morgan fingerprint density at radius 3 is 1.22 bits per heavy atom. The lowest BCUT2D eigenvalue weighted by molar-refractivity contribution is 0.0979. The van der Waals surface area contributed by atoms with Crippen LogP contribution in [0.3, 0.4) is 0 Å². The maximum absolute atomic E-state index is 13.8. The van der Waals surface area contributed by atoms with Crippen LogP contribution in [0.25, 0.3) is 0 Å². The van der Waals surface area contributed by atoms with Gasteiger partial charge in [-0.15, -0.1) is 0 Å². The molecule has 0 aliphatic heterocycles. The van der Waals surface area contributed by atoms with Crippen LogP contribution < -0.4 is 0 Å². The van der Waals surface area contributed by atoms with Crippen molar-refractivity contribution in [1.82, 2.24) is 0 Å². The van der Waals surface area contributed by atoms with Gasteiger partial charge >= 0.3 is 0 Å². The van der Waals surface area contributed by atoms with Gasteiger partial charge in [-0.05, 0) is 70.8 Å². The molecule has 3 unspecified atom stereocenters. The first-order valence-electron chi connectivity index (χ1n) is 16.3. The fraction of sp³-hybridized carbons (Fsp3) is 0.0698. The van der Waals surface area contributed by atoms with Crippen LogP contribution >= 0.6 is 0 Å². The zero-order valence-corrected chi connectivity index (χ0v) is 27.2. The van der Waals surface area contributed by atoms with E-state index in [1.54, 1.807) is 66.7 Å². The second kappa shape index (κ2) is 11.0. The molecule has 1 fully saturated rings. The van der Waals surface area contributed by atoms with E-state index in [-0.39, 0.29) is 67.4 Å². The molecule has 0 heterocycles. The molecule has 1 saturated carbocycles. The predicted octanol–water partition coefficient (Wildman–Crippen LogP) is 7.74. The fourth-order valence-electron chi connectivity index (χ4n) is 7.81. The van der Waals surface area contributed by atoms with E-state index in [0.29, 0.717) is 27.8 Å². The van der Waals surface area contributed by atoms with Crippen molar-refractivity contribution in [2.45, 2.75) is 27.5 Å². The summed E-state index contributed by atoms with van der Waals surface area (Å²) in [6.45, 7) is 0. The number of hydrogen-bond acceptors (Lipinski definition) is 6. The third kappa shape index (κ3) is 4.43. The summed E-state index contributed by atoms with van der Waals surface area (Å²) < 4.78 is 27.7. The minimum atomic E-state index is -4.02. The predicted molar refractivity (Wildman–Crippen MR) is 186 cm³/mol. The van der Waals surface area contributed by atoms with Gasteiger partial charge in [-0.1, -0.05) is 103 Å². The van der Waals surface area contributed by atoms with E-state index < -0.39 is 9.84 Å². The molecule has 6 aromatic carbocycles. The van der Waals surface area contributed by atoms with E-state index in [1.165, 1.54) is 18.2 Å². The van der Waals surface area contributed by atoms with Crippen molar-refractivity contribution in [1.29, 1.82) is 0 Å². The van der Waals surface area contributed by atoms with Crippen LogP contribution in [0.2, 0.25) is 0 Å². The Morgan fingerprint density at radius 2 is 0.680 bits per heavy atom. The lowest BCUT2D eigenvalue weighted by atomic mass is 9.83. The van der Waals surface area contributed by atoms with Crippen LogP contribution in [0.15, 0.2) is 149 Å². The summed E-state index contributed by atoms with van der Waals surface area (Å²) >= 11 is 0. The lowest BCUT2D eigenvalue weighted by Crippen LogP contribution is -2.21. The summed E-state index contributed by atoms with van der Waals surface area (Å²) in [6, 6.07) is 39.9. The molecule has 3 atom stereocenters. The van der Waals surface area contributed by atoms with Crippen LogP contribution in [-0.2, 0) is 9.84 Å². The van der Waals surface area contributed by atoms with Gasteiger partial charge in [-0.2, -0.15) is 0 Å². The average Bonchev–Trinajstić information content (AvgIpc) is 3.92. The molecule has 0 bridgehead atoms. The molecule has 9 rings (SSSR count). The molecular weight excluding hydrogens is 645 g/mol. The van der Waals surface area contributed by atoms with Gasteiger partial charge in [0.15, 0.2) is 23.1 Å². The molecule has 0 spiro atoms. The Morgan fingerprint density at radius 1 is 0.320 bits per heavy atom. The van der Waals surface area contributed by atoms with Gasteiger partial charge in [0.1, 0.15) is 0 Å². The van der Waals surface area contributed by atoms with E-state index in [4.69, 9.17) is 0 Å². The second-order valence-electron chi connectivity index (χ2n) is 13.0. The summed E-state index contributed by atoms with van der Waals surface area (Å²) in [5, 5.41) is 0. The molecule has 7 heteroatoms. The first-order chi connectivity index (χ1) is 24.2. The number of rotatable bonds is 5. The number of benzene rings is 6. The fourth-order valence-corrected chi connectivity index (χ4v) is 9.09. The van der Waals surface area contributed by atoms with Crippen LogP contribution in [0.4, 0.5) is 0 Å². The van der Waals surface area contributed by atoms with Crippen molar-refractivity contribution in [2.24, 2.45) is 0 Å². The quantitative estimate of drug-likeness (QED) is 0.186. The molecule has 3 aliphatic carbocycles. The molecule has 6 aromatic rings. The maximum atomic E-state index is 13.8. The molecule has 0 N–H and O–H groups in total. The van der Waals surface area contributed by atoms with Gasteiger partial charge in [0, 0.05) is 44.5 Å². The van der Waals surface area contributed by atoms with Crippen molar-refractivity contribution in [3.63, 3.8) is 0 Å². The monoisotopic (exact) mass is 670 g/mol. The van der Waals surface area contributed by atoms with Crippen molar-refractivity contribution in [2.75, 3.05) is 0 Å². The zero-order chi connectivity index (χ0) is 34.3. The smallest absolute Gasteiger partial charge is 0.206 e. The minimum Gasteiger partial charge on any atom is -0.289 e. The van der Waals surface area contributed by atoms with Gasteiger partial charge in [0.05, 0.1) is 9.79 Å². The minimum absolute atomic E-state index is 0.00123. The van der Waals surface area contributed by atoms with Crippen LogP contribution in [-0.4, -0.2) is 31.6 Å². The van der Waals surface area contributed by atoms with Gasteiger partial charge in [0.25, 0.3) is 0 Å². The number of sulfone groups is 1. The standard InChI is InChI=1S/C43H26O6S/c44-40-29-10-4-6-12-31(29)42(46)35-22-26(16-20-33(35)40)39-37(24-8-2-1-3-9-24)38(39)25-14-17-27(18-15-25)50(48,49)28-19-21-34-36(23-28)43(47)32-13-7-5-11-30(32)41(34)45/h1-23,37-39H. The Labute approximate surface area is 288 Å². The van der Waals surface area contributed by atoms with E-state index in [2.05, 4.69) is 12.1 Å². The molecule has 0 radical (unpaired) electrons. The number of hydrogen-bond donors (Lipinski definition) is 0. The third-order valence-corrected chi connectivity index (χ3v) is 12.1. The number of fused-ring (bicyclic) bond motifs is 4. The molecule has 0 aromatic heterocycles. The van der Waals surface area contributed by atoms with Gasteiger partial charge in [-0.25, -0.2) is 8.42 Å². The zero-order valence-electron chi connectivity index (χ0n) is 26.4. The molecule has 6 nitrogen and oxygen atoms in total. The second-order valence-corrected chi connectivity index (χ2v) is 14.9. The summed E-state index contributed by atoms with van der Waals surface area (Å²) in [5.41, 5.74) is 5.46. The summed E-state index contributed by atoms with van der Waals surface area (Å²) in [6.07, 6.45) is 0. The van der Waals surface area contributed by atoms with E-state index in [0.717, 1.165) is 16.7 Å². The first-order valence-corrected chi connectivity index (χ1v) is 17.8. The summed E-state index contributed by atoms with van der Waals surface area (Å²) in [5.74, 6) is -0.950. The topological polar surface area (TPSA) is 102 Å². The molecule has 50 heavy (non-hydrogen) atoms. The SMILES string of the molecule is O=C1c2ccccc2C(=O)c2cc(C3C(c4ccccc4)C3c3ccc(S(=O)(=O)c4ccc5c(c4)C(=O)c4ccccc4C5=O)cc3)ccc21. The highest BCUT2D eigenvalue weighted by atomic mass is 32.2. The number of carbonyl (C=O) groups excluding carboxylic acids is 4. The van der Waals surface area contributed by atoms with Crippen LogP contribution in [0, 0.1) is 0 Å². The van der Waals surface area contributed by atoms with Gasteiger partial charge < -0.3 is 0 Å². The van der Waals surface area contributed by atoms with Crippen molar-refractivity contribution >= 4 is 33.0 Å². The number of ketones is 4. The van der Waals surface area contributed by atoms with E-state index in [9.17, 15) is 27.6 Å². The van der Waals surface area contributed by atoms with Crippen molar-refractivity contribution in [3.05, 3.63) is 201 Å². The number of carbonyl (C=O) groups is 4. The first kappa shape index (κ1) is 30.0. The van der Waals surface area contributed by atoms with Crippen molar-refractivity contribution in [3.8, 4) is 0 Å². The molecule has 3 aliphatic rings. The summed E-state index contributed by atoms with van der Waals surface area (Å²) in [7, 11) is -4.02. The Bertz CT molecular complexity index is 2590. The lowest BCUT2D eigenvalue weighted by Gasteiger charge is -2.18. The van der Waals surface area contributed by atoms with E-state index >= 15 is 0 Å². The molecule has 0 amide bonds. The molecular formula is C43H26O6S. The third-order valence-electron chi connectivity index (χ3n) is 10.3. The Balaban J connectivity index is 1.05. The van der Waals surface area contributed by atoms with Crippen molar-refractivity contribution < 1.29 is 27.6 Å². The largest absolute Gasteiger partial charge is 0.289 e. The molecule has 0 saturated heterocycles. The maximum Gasteiger partial charge on any atom is 0.206 e. The highest BCUT2D eigenvalue weighted by Gasteiger charge is 2.52. The Hall–Kier alpha value is -6.05. The summed E-state index contributed by atoms with van der Waals surface area (Å²) in [4.78, 5) is 53.1. The van der Waals surface area contributed by atoms with Gasteiger partial charge in [-0.3, -0.25) is 19.2 Å². The Kier molecular flexibility index (Phi) is 6.60. The molecule has 240 valence electrons. The highest BCUT2D eigenvalue weighted by Crippen LogP contribution is 2.66. The van der Waals surface area contributed by atoms with E-state index in [1.807, 2.05) is 42.5 Å². The average molecular weight is 671 g/mol. The van der Waals surface area contributed by atoms with Crippen LogP contribution in [0.1, 0.15) is 98.1 Å². The van der Waals surface area contributed by atoms with Gasteiger partial charge in [0.2, 0.25) is 9.84 Å². The van der Waals surface area contributed by atoms with Crippen LogP contribution in [0.5, 0.6) is 0 Å². The normalized spacial score (nSPS) is 18.9.